The number of benzene rings is 1. The molecule has 0 radical (unpaired) electrons. The molecule has 1 aliphatic rings. The Morgan fingerprint density at radius 2 is 2.13 bits per heavy atom. The zero-order valence-corrected chi connectivity index (χ0v) is 8.47. The molecule has 15 heavy (non-hydrogen) atoms. The quantitative estimate of drug-likeness (QED) is 0.513. The third-order valence-electron chi connectivity index (χ3n) is 2.57. The molecule has 0 aliphatic heterocycles. The predicted molar refractivity (Wildman–Crippen MR) is 58.1 cm³/mol. The smallest absolute Gasteiger partial charge is 0.423 e. The number of nitrogens with zero attached hydrogens (tertiary/aromatic N) is 1. The van der Waals surface area contributed by atoms with E-state index in [1.807, 2.05) is 6.07 Å². The van der Waals surface area contributed by atoms with Crippen LogP contribution in [0.2, 0.25) is 0 Å². The van der Waals surface area contributed by atoms with Crippen LogP contribution in [-0.4, -0.2) is 30.0 Å². The zero-order valence-electron chi connectivity index (χ0n) is 8.47. The lowest BCUT2D eigenvalue weighted by Gasteiger charge is -2.03. The van der Waals surface area contributed by atoms with Gasteiger partial charge in [-0.15, -0.1) is 0 Å². The molecule has 4 nitrogen and oxygen atoms in total. The molecule has 0 aromatic heterocycles. The summed E-state index contributed by atoms with van der Waals surface area (Å²) in [4.78, 5) is 4.75. The van der Waals surface area contributed by atoms with Gasteiger partial charge in [0.15, 0.2) is 0 Å². The van der Waals surface area contributed by atoms with Gasteiger partial charge in [-0.1, -0.05) is 23.4 Å². The summed E-state index contributed by atoms with van der Waals surface area (Å²) in [6, 6.07) is 5.35. The van der Waals surface area contributed by atoms with Crippen molar-refractivity contribution in [3.8, 4) is 0 Å². The van der Waals surface area contributed by atoms with E-state index in [9.17, 15) is 0 Å². The molecule has 0 spiro atoms. The van der Waals surface area contributed by atoms with Gasteiger partial charge in [0, 0.05) is 5.56 Å². The first-order valence-electron chi connectivity index (χ1n) is 4.81. The molecule has 5 heteroatoms. The van der Waals surface area contributed by atoms with Crippen molar-refractivity contribution in [3.05, 3.63) is 29.3 Å². The van der Waals surface area contributed by atoms with Crippen molar-refractivity contribution in [2.75, 3.05) is 7.11 Å². The highest BCUT2D eigenvalue weighted by Crippen LogP contribution is 2.21. The first kappa shape index (κ1) is 10.2. The van der Waals surface area contributed by atoms with Gasteiger partial charge < -0.3 is 14.9 Å². The maximum Gasteiger partial charge on any atom is 0.488 e. The molecule has 0 saturated carbocycles. The van der Waals surface area contributed by atoms with Gasteiger partial charge in [0.25, 0.3) is 0 Å². The van der Waals surface area contributed by atoms with Gasteiger partial charge in [-0.05, 0) is 23.9 Å². The highest BCUT2D eigenvalue weighted by molar-refractivity contribution is 6.58. The number of oxime groups is 1. The average Bonchev–Trinajstić information content (AvgIpc) is 2.61. The third-order valence-corrected chi connectivity index (χ3v) is 2.57. The van der Waals surface area contributed by atoms with Gasteiger partial charge in [-0.2, -0.15) is 0 Å². The van der Waals surface area contributed by atoms with Crippen molar-refractivity contribution >= 4 is 18.3 Å². The highest BCUT2D eigenvalue weighted by atomic mass is 16.6. The van der Waals surface area contributed by atoms with Crippen molar-refractivity contribution < 1.29 is 14.9 Å². The fourth-order valence-corrected chi connectivity index (χ4v) is 1.86. The second-order valence-electron chi connectivity index (χ2n) is 3.51. The van der Waals surface area contributed by atoms with Gasteiger partial charge in [0.05, 0.1) is 5.71 Å². The summed E-state index contributed by atoms with van der Waals surface area (Å²) >= 11 is 0. The van der Waals surface area contributed by atoms with Crippen LogP contribution in [-0.2, 0) is 11.3 Å². The molecular formula is C10H12BNO3. The molecule has 0 heterocycles. The molecule has 0 bridgehead atoms. The summed E-state index contributed by atoms with van der Waals surface area (Å²) < 4.78 is 0. The minimum Gasteiger partial charge on any atom is -0.423 e. The van der Waals surface area contributed by atoms with E-state index in [2.05, 4.69) is 5.16 Å². The standard InChI is InChI=1S/C10H12BNO3/c1-15-12-10-5-2-7-6-8(11(13)14)3-4-9(7)10/h3-4,6,13-14H,2,5H2,1H3/b12-10-. The van der Waals surface area contributed by atoms with Gasteiger partial charge in [0.2, 0.25) is 0 Å². The Morgan fingerprint density at radius 1 is 1.33 bits per heavy atom. The lowest BCUT2D eigenvalue weighted by atomic mass is 9.79. The van der Waals surface area contributed by atoms with Crippen LogP contribution in [0.15, 0.2) is 23.4 Å². The number of fused-ring (bicyclic) bond motifs is 1. The zero-order chi connectivity index (χ0) is 10.8. The Hall–Kier alpha value is -1.33. The van der Waals surface area contributed by atoms with Crippen molar-refractivity contribution in [3.63, 3.8) is 0 Å². The Kier molecular flexibility index (Phi) is 2.75. The van der Waals surface area contributed by atoms with Crippen LogP contribution in [0, 0.1) is 0 Å². The maximum atomic E-state index is 9.02. The van der Waals surface area contributed by atoms with E-state index < -0.39 is 7.12 Å². The molecule has 1 aromatic carbocycles. The van der Waals surface area contributed by atoms with Crippen LogP contribution in [0.4, 0.5) is 0 Å². The normalized spacial score (nSPS) is 16.6. The van der Waals surface area contributed by atoms with E-state index in [1.165, 1.54) is 7.11 Å². The van der Waals surface area contributed by atoms with Gasteiger partial charge in [-0.3, -0.25) is 0 Å². The summed E-state index contributed by atoms with van der Waals surface area (Å²) in [6.45, 7) is 0. The number of rotatable bonds is 2. The number of hydrogen-bond donors (Lipinski definition) is 2. The van der Waals surface area contributed by atoms with Gasteiger partial charge >= 0.3 is 7.12 Å². The summed E-state index contributed by atoms with van der Waals surface area (Å²) in [7, 11) is 0.121. The van der Waals surface area contributed by atoms with E-state index in [0.717, 1.165) is 29.7 Å². The van der Waals surface area contributed by atoms with Crippen molar-refractivity contribution in [1.82, 2.24) is 0 Å². The molecule has 2 rings (SSSR count). The monoisotopic (exact) mass is 205 g/mol. The second-order valence-corrected chi connectivity index (χ2v) is 3.51. The van der Waals surface area contributed by atoms with Crippen LogP contribution in [0.25, 0.3) is 0 Å². The average molecular weight is 205 g/mol. The first-order chi connectivity index (χ1) is 7.22. The molecule has 0 atom stereocenters. The topological polar surface area (TPSA) is 62.0 Å². The van der Waals surface area contributed by atoms with Crippen molar-refractivity contribution in [2.45, 2.75) is 12.8 Å². The lowest BCUT2D eigenvalue weighted by molar-refractivity contribution is 0.213. The Labute approximate surface area is 88.3 Å². The van der Waals surface area contributed by atoms with Crippen LogP contribution < -0.4 is 5.46 Å². The molecule has 0 unspecified atom stereocenters. The van der Waals surface area contributed by atoms with E-state index in [4.69, 9.17) is 14.9 Å². The molecular weight excluding hydrogens is 193 g/mol. The maximum absolute atomic E-state index is 9.02. The predicted octanol–water partition coefficient (Wildman–Crippen LogP) is -0.337. The summed E-state index contributed by atoms with van der Waals surface area (Å²) in [6.07, 6.45) is 1.71. The van der Waals surface area contributed by atoms with Gasteiger partial charge in [0.1, 0.15) is 7.11 Å². The molecule has 1 aromatic rings. The van der Waals surface area contributed by atoms with Gasteiger partial charge in [-0.25, -0.2) is 0 Å². The van der Waals surface area contributed by atoms with Crippen LogP contribution in [0.1, 0.15) is 17.5 Å². The number of hydrogen-bond acceptors (Lipinski definition) is 4. The largest absolute Gasteiger partial charge is 0.488 e. The summed E-state index contributed by atoms with van der Waals surface area (Å²) in [5.41, 5.74) is 3.58. The van der Waals surface area contributed by atoms with E-state index in [0.29, 0.717) is 5.46 Å². The minimum atomic E-state index is -1.40. The molecule has 1 aliphatic carbocycles. The molecule has 0 saturated heterocycles. The lowest BCUT2D eigenvalue weighted by Crippen LogP contribution is -2.30. The molecule has 78 valence electrons. The fourth-order valence-electron chi connectivity index (χ4n) is 1.86. The van der Waals surface area contributed by atoms with Crippen LogP contribution in [0.5, 0.6) is 0 Å². The van der Waals surface area contributed by atoms with E-state index in [1.54, 1.807) is 12.1 Å². The van der Waals surface area contributed by atoms with Crippen molar-refractivity contribution in [1.29, 1.82) is 0 Å². The second kappa shape index (κ2) is 4.04. The minimum absolute atomic E-state index is 0.521. The van der Waals surface area contributed by atoms with E-state index in [-0.39, 0.29) is 0 Å². The molecule has 0 fully saturated rings. The third kappa shape index (κ3) is 1.89. The number of aryl methyl sites for hydroxylation is 1. The van der Waals surface area contributed by atoms with E-state index >= 15 is 0 Å². The molecule has 2 N–H and O–H groups in total. The highest BCUT2D eigenvalue weighted by Gasteiger charge is 2.21. The Morgan fingerprint density at radius 3 is 2.80 bits per heavy atom. The SMILES string of the molecule is CO/N=C1/CCc2cc(B(O)O)ccc21. The molecule has 0 amide bonds. The Balaban J connectivity index is 2.38. The summed E-state index contributed by atoms with van der Waals surface area (Å²) in [5.74, 6) is 0. The first-order valence-corrected chi connectivity index (χ1v) is 4.81. The van der Waals surface area contributed by atoms with Crippen LogP contribution >= 0.6 is 0 Å². The Bertz CT molecular complexity index is 404. The summed E-state index contributed by atoms with van der Waals surface area (Å²) in [5, 5.41) is 22.0. The fraction of sp³-hybridized carbons (Fsp3) is 0.300. The van der Waals surface area contributed by atoms with Crippen molar-refractivity contribution in [2.24, 2.45) is 5.16 Å². The van der Waals surface area contributed by atoms with Crippen LogP contribution in [0.3, 0.4) is 0 Å².